The van der Waals surface area contributed by atoms with Crippen LogP contribution in [0.2, 0.25) is 0 Å². The Kier molecular flexibility index (Phi) is 5.23. The van der Waals surface area contributed by atoms with Gasteiger partial charge in [0.2, 0.25) is 5.88 Å². The average molecular weight is 379 g/mol. The second-order valence-corrected chi connectivity index (χ2v) is 6.62. The molecule has 0 radical (unpaired) electrons. The Balaban J connectivity index is 1.30. The summed E-state index contributed by atoms with van der Waals surface area (Å²) in [5, 5.41) is 3.69. The molecule has 0 spiro atoms. The van der Waals surface area contributed by atoms with Crippen LogP contribution < -0.4 is 19.5 Å². The molecule has 1 N–H and O–H groups in total. The van der Waals surface area contributed by atoms with Crippen LogP contribution in [0.4, 0.5) is 0 Å². The van der Waals surface area contributed by atoms with Gasteiger partial charge in [-0.05, 0) is 30.2 Å². The number of ether oxygens (including phenoxy) is 3. The van der Waals surface area contributed by atoms with E-state index in [1.54, 1.807) is 7.11 Å². The zero-order valence-corrected chi connectivity index (χ0v) is 15.6. The Morgan fingerprint density at radius 1 is 1.21 bits per heavy atom. The molecular formula is C21H21N3O4. The number of fused-ring (bicyclic) bond motifs is 2. The van der Waals surface area contributed by atoms with Crippen LogP contribution in [0.1, 0.15) is 5.56 Å². The second kappa shape index (κ2) is 8.12. The van der Waals surface area contributed by atoms with E-state index in [-0.39, 0.29) is 18.4 Å². The van der Waals surface area contributed by atoms with Gasteiger partial charge in [-0.3, -0.25) is 4.79 Å². The number of benzene rings is 2. The Labute approximate surface area is 162 Å². The lowest BCUT2D eigenvalue weighted by atomic mass is 9.96. The topological polar surface area (TPSA) is 82.6 Å². The molecule has 0 saturated carbocycles. The number of methoxy groups -OCH3 is 1. The summed E-state index contributed by atoms with van der Waals surface area (Å²) >= 11 is 0. The third-order valence-corrected chi connectivity index (χ3v) is 4.69. The van der Waals surface area contributed by atoms with Gasteiger partial charge in [0.25, 0.3) is 5.91 Å². The fourth-order valence-corrected chi connectivity index (χ4v) is 3.29. The number of hydrogen-bond acceptors (Lipinski definition) is 6. The van der Waals surface area contributed by atoms with Crippen molar-refractivity contribution in [3.63, 3.8) is 0 Å². The lowest BCUT2D eigenvalue weighted by Gasteiger charge is -2.26. The highest BCUT2D eigenvalue weighted by Crippen LogP contribution is 2.35. The van der Waals surface area contributed by atoms with E-state index in [1.807, 2.05) is 42.5 Å². The normalized spacial score (nSPS) is 15.4. The van der Waals surface area contributed by atoms with Gasteiger partial charge in [0.15, 0.2) is 18.1 Å². The highest BCUT2D eigenvalue weighted by atomic mass is 16.5. The van der Waals surface area contributed by atoms with Crippen molar-refractivity contribution < 1.29 is 19.0 Å². The summed E-state index contributed by atoms with van der Waals surface area (Å²) in [5.41, 5.74) is 1.87. The number of hydrogen-bond donors (Lipinski definition) is 1. The van der Waals surface area contributed by atoms with Gasteiger partial charge in [-0.15, -0.1) is 0 Å². The Bertz CT molecular complexity index is 987. The van der Waals surface area contributed by atoms with E-state index < -0.39 is 0 Å². The summed E-state index contributed by atoms with van der Waals surface area (Å²) in [6.07, 6.45) is 2.25. The van der Waals surface area contributed by atoms with Gasteiger partial charge in [-0.1, -0.05) is 24.3 Å². The predicted octanol–water partition coefficient (Wildman–Crippen LogP) is 2.38. The minimum Gasteiger partial charge on any atom is -0.493 e. The van der Waals surface area contributed by atoms with E-state index in [2.05, 4.69) is 15.3 Å². The van der Waals surface area contributed by atoms with Crippen LogP contribution in [0, 0.1) is 5.92 Å². The zero-order valence-electron chi connectivity index (χ0n) is 15.6. The quantitative estimate of drug-likeness (QED) is 0.708. The van der Waals surface area contributed by atoms with Crippen molar-refractivity contribution in [2.45, 2.75) is 6.42 Å². The molecule has 7 heteroatoms. The second-order valence-electron chi connectivity index (χ2n) is 6.62. The first-order valence-electron chi connectivity index (χ1n) is 9.12. The molecule has 0 saturated heterocycles. The molecule has 1 atom stereocenters. The maximum Gasteiger partial charge on any atom is 0.258 e. The smallest absolute Gasteiger partial charge is 0.258 e. The van der Waals surface area contributed by atoms with Crippen LogP contribution in [-0.4, -0.2) is 42.7 Å². The van der Waals surface area contributed by atoms with Crippen LogP contribution in [0.25, 0.3) is 10.9 Å². The SMILES string of the molecule is COc1cccc2c1OC[C@H](CNC(=O)COc1ncnc3ccccc13)C2. The summed E-state index contributed by atoms with van der Waals surface area (Å²) in [6, 6.07) is 13.4. The van der Waals surface area contributed by atoms with Crippen LogP contribution in [0.3, 0.4) is 0 Å². The monoisotopic (exact) mass is 379 g/mol. The maximum absolute atomic E-state index is 12.2. The lowest BCUT2D eigenvalue weighted by molar-refractivity contribution is -0.123. The summed E-state index contributed by atoms with van der Waals surface area (Å²) in [7, 11) is 1.63. The number of carbonyl (C=O) groups is 1. The first-order chi connectivity index (χ1) is 13.7. The molecule has 0 bridgehead atoms. The van der Waals surface area contributed by atoms with Gasteiger partial charge in [-0.2, -0.15) is 0 Å². The lowest BCUT2D eigenvalue weighted by Crippen LogP contribution is -2.37. The van der Waals surface area contributed by atoms with Crippen LogP contribution >= 0.6 is 0 Å². The Morgan fingerprint density at radius 3 is 3.00 bits per heavy atom. The van der Waals surface area contributed by atoms with Crippen LogP contribution in [0.15, 0.2) is 48.8 Å². The van der Waals surface area contributed by atoms with E-state index in [4.69, 9.17) is 14.2 Å². The molecule has 1 aliphatic heterocycles. The Morgan fingerprint density at radius 2 is 2.11 bits per heavy atom. The van der Waals surface area contributed by atoms with Crippen molar-refractivity contribution in [3.8, 4) is 17.4 Å². The molecule has 0 aliphatic carbocycles. The van der Waals surface area contributed by atoms with Gasteiger partial charge < -0.3 is 19.5 Å². The number of amides is 1. The van der Waals surface area contributed by atoms with Gasteiger partial charge in [0.1, 0.15) is 6.33 Å². The summed E-state index contributed by atoms with van der Waals surface area (Å²) in [6.45, 7) is 0.952. The van der Waals surface area contributed by atoms with Crippen molar-refractivity contribution in [2.24, 2.45) is 5.92 Å². The molecule has 0 unspecified atom stereocenters. The van der Waals surface area contributed by atoms with Crippen molar-refractivity contribution >= 4 is 16.8 Å². The van der Waals surface area contributed by atoms with Crippen molar-refractivity contribution in [1.29, 1.82) is 0 Å². The molecule has 28 heavy (non-hydrogen) atoms. The summed E-state index contributed by atoms with van der Waals surface area (Å²) in [4.78, 5) is 20.5. The molecule has 144 valence electrons. The van der Waals surface area contributed by atoms with E-state index in [9.17, 15) is 4.79 Å². The summed E-state index contributed by atoms with van der Waals surface area (Å²) in [5.74, 6) is 1.95. The molecule has 1 aromatic heterocycles. The van der Waals surface area contributed by atoms with Gasteiger partial charge in [-0.25, -0.2) is 9.97 Å². The molecule has 2 aromatic carbocycles. The third-order valence-electron chi connectivity index (χ3n) is 4.69. The molecule has 7 nitrogen and oxygen atoms in total. The minimum absolute atomic E-state index is 0.0982. The highest BCUT2D eigenvalue weighted by Gasteiger charge is 2.23. The van der Waals surface area contributed by atoms with Gasteiger partial charge >= 0.3 is 0 Å². The first-order valence-corrected chi connectivity index (χ1v) is 9.12. The van der Waals surface area contributed by atoms with E-state index in [0.29, 0.717) is 19.0 Å². The van der Waals surface area contributed by atoms with Crippen molar-refractivity contribution in [1.82, 2.24) is 15.3 Å². The van der Waals surface area contributed by atoms with Gasteiger partial charge in [0.05, 0.1) is 24.6 Å². The number of rotatable bonds is 6. The Hall–Kier alpha value is -3.35. The molecule has 3 aromatic rings. The molecule has 1 aliphatic rings. The largest absolute Gasteiger partial charge is 0.493 e. The standard InChI is InChI=1S/C21H21N3O4/c1-26-18-8-4-5-15-9-14(11-27-20(15)18)10-22-19(25)12-28-21-16-6-2-3-7-17(16)23-13-24-21/h2-8,13-14H,9-12H2,1H3,(H,22,25)/t14-/m0/s1. The number of aromatic nitrogens is 2. The number of carbonyl (C=O) groups excluding carboxylic acids is 1. The molecule has 0 fully saturated rings. The maximum atomic E-state index is 12.2. The average Bonchev–Trinajstić information content (AvgIpc) is 2.75. The predicted molar refractivity (Wildman–Crippen MR) is 104 cm³/mol. The summed E-state index contributed by atoms with van der Waals surface area (Å²) < 4.78 is 16.8. The minimum atomic E-state index is -0.195. The van der Waals surface area contributed by atoms with Crippen LogP contribution in [0.5, 0.6) is 17.4 Å². The third kappa shape index (κ3) is 3.83. The fourth-order valence-electron chi connectivity index (χ4n) is 3.29. The van der Waals surface area contributed by atoms with Gasteiger partial charge in [0, 0.05) is 12.5 Å². The van der Waals surface area contributed by atoms with Crippen molar-refractivity contribution in [2.75, 3.05) is 26.9 Å². The van der Waals surface area contributed by atoms with E-state index >= 15 is 0 Å². The first kappa shape index (κ1) is 18.0. The van der Waals surface area contributed by atoms with Crippen molar-refractivity contribution in [3.05, 3.63) is 54.4 Å². The molecule has 2 heterocycles. The van der Waals surface area contributed by atoms with E-state index in [1.165, 1.54) is 6.33 Å². The molecular weight excluding hydrogens is 358 g/mol. The van der Waals surface area contributed by atoms with Crippen LogP contribution in [-0.2, 0) is 11.2 Å². The fraction of sp³-hybridized carbons (Fsp3) is 0.286. The molecule has 1 amide bonds. The number of para-hydroxylation sites is 2. The number of nitrogens with one attached hydrogen (secondary N) is 1. The molecule has 4 rings (SSSR count). The zero-order chi connectivity index (χ0) is 19.3. The number of nitrogens with zero attached hydrogens (tertiary/aromatic N) is 2. The van der Waals surface area contributed by atoms with E-state index in [0.717, 1.165) is 34.4 Å². The highest BCUT2D eigenvalue weighted by molar-refractivity contribution is 5.84.